The normalized spacial score (nSPS) is 12.4. The van der Waals surface area contributed by atoms with Crippen molar-refractivity contribution in [2.45, 2.75) is 26.3 Å². The van der Waals surface area contributed by atoms with Crippen LogP contribution < -0.4 is 5.32 Å². The summed E-state index contributed by atoms with van der Waals surface area (Å²) in [5, 5.41) is 11.4. The maximum absolute atomic E-state index is 11.8. The fourth-order valence-corrected chi connectivity index (χ4v) is 1.70. The van der Waals surface area contributed by atoms with Crippen molar-refractivity contribution in [1.82, 2.24) is 10.2 Å². The lowest BCUT2D eigenvalue weighted by atomic mass is 10.2. The average molecular weight is 268 g/mol. The Hall–Kier alpha value is -1.82. The first-order chi connectivity index (χ1) is 9.02. The number of furan rings is 1. The highest BCUT2D eigenvalue weighted by molar-refractivity contribution is 5.78. The number of rotatable bonds is 8. The topological polar surface area (TPSA) is 82.8 Å². The van der Waals surface area contributed by atoms with Gasteiger partial charge in [-0.05, 0) is 25.6 Å². The lowest BCUT2D eigenvalue weighted by Crippen LogP contribution is -2.39. The summed E-state index contributed by atoms with van der Waals surface area (Å²) in [5.74, 6) is -0.305. The number of carboxylic acid groups (broad SMARTS) is 1. The molecule has 1 atom stereocenters. The molecule has 6 heteroatoms. The van der Waals surface area contributed by atoms with E-state index in [1.165, 1.54) is 0 Å². The summed E-state index contributed by atoms with van der Waals surface area (Å²) < 4.78 is 5.20. The van der Waals surface area contributed by atoms with Crippen LogP contribution in [0.4, 0.5) is 0 Å². The van der Waals surface area contributed by atoms with E-state index in [0.717, 1.165) is 0 Å². The first kappa shape index (κ1) is 15.2. The molecule has 0 fully saturated rings. The predicted molar refractivity (Wildman–Crippen MR) is 69.6 cm³/mol. The zero-order valence-electron chi connectivity index (χ0n) is 11.3. The van der Waals surface area contributed by atoms with Crippen LogP contribution in [0.5, 0.6) is 0 Å². The van der Waals surface area contributed by atoms with Gasteiger partial charge in [0.05, 0.1) is 25.3 Å². The van der Waals surface area contributed by atoms with Crippen LogP contribution in [-0.4, -0.2) is 41.5 Å². The number of hydrogen-bond acceptors (Lipinski definition) is 4. The quantitative estimate of drug-likeness (QED) is 0.741. The number of nitrogens with one attached hydrogen (secondary N) is 1. The first-order valence-corrected chi connectivity index (χ1v) is 6.29. The molecule has 0 spiro atoms. The van der Waals surface area contributed by atoms with Gasteiger partial charge in [0.2, 0.25) is 5.91 Å². The lowest BCUT2D eigenvalue weighted by Gasteiger charge is -2.20. The average Bonchev–Trinajstić information content (AvgIpc) is 2.87. The van der Waals surface area contributed by atoms with E-state index in [-0.39, 0.29) is 24.9 Å². The lowest BCUT2D eigenvalue weighted by molar-refractivity contribution is -0.137. The zero-order chi connectivity index (χ0) is 14.3. The maximum atomic E-state index is 11.8. The molecule has 0 radical (unpaired) electrons. The molecule has 0 aliphatic heterocycles. The second-order valence-corrected chi connectivity index (χ2v) is 4.32. The van der Waals surface area contributed by atoms with Gasteiger partial charge in [0.25, 0.3) is 0 Å². The fourth-order valence-electron chi connectivity index (χ4n) is 1.70. The van der Waals surface area contributed by atoms with Gasteiger partial charge in [-0.2, -0.15) is 0 Å². The SMILES string of the molecule is CCN(CCC(=O)O)CC(=O)NC(C)c1ccco1. The van der Waals surface area contributed by atoms with Crippen molar-refractivity contribution in [2.75, 3.05) is 19.6 Å². The molecule has 0 aromatic carbocycles. The van der Waals surface area contributed by atoms with E-state index in [1.54, 1.807) is 23.3 Å². The molecular formula is C13H20N2O4. The number of carboxylic acids is 1. The number of carbonyl (C=O) groups is 2. The Labute approximate surface area is 112 Å². The van der Waals surface area contributed by atoms with E-state index in [1.807, 2.05) is 13.8 Å². The second kappa shape index (κ2) is 7.58. The van der Waals surface area contributed by atoms with Gasteiger partial charge in [-0.1, -0.05) is 6.92 Å². The molecule has 0 bridgehead atoms. The molecular weight excluding hydrogens is 248 g/mol. The number of likely N-dealkylation sites (N-methyl/N-ethyl adjacent to an activating group) is 1. The Balaban J connectivity index is 2.38. The molecule has 1 unspecified atom stereocenters. The van der Waals surface area contributed by atoms with Gasteiger partial charge in [0.15, 0.2) is 0 Å². The van der Waals surface area contributed by atoms with E-state index in [0.29, 0.717) is 18.8 Å². The van der Waals surface area contributed by atoms with Gasteiger partial charge in [-0.15, -0.1) is 0 Å². The van der Waals surface area contributed by atoms with Crippen LogP contribution in [-0.2, 0) is 9.59 Å². The van der Waals surface area contributed by atoms with Crippen LogP contribution in [0, 0.1) is 0 Å². The van der Waals surface area contributed by atoms with Gasteiger partial charge < -0.3 is 14.8 Å². The zero-order valence-corrected chi connectivity index (χ0v) is 11.3. The number of carbonyl (C=O) groups excluding carboxylic acids is 1. The fraction of sp³-hybridized carbons (Fsp3) is 0.538. The van der Waals surface area contributed by atoms with Crippen molar-refractivity contribution in [3.8, 4) is 0 Å². The summed E-state index contributed by atoms with van der Waals surface area (Å²) in [6, 6.07) is 3.37. The van der Waals surface area contributed by atoms with E-state index in [9.17, 15) is 9.59 Å². The van der Waals surface area contributed by atoms with Gasteiger partial charge in [0.1, 0.15) is 5.76 Å². The van der Waals surface area contributed by atoms with Gasteiger partial charge >= 0.3 is 5.97 Å². The van der Waals surface area contributed by atoms with Crippen molar-refractivity contribution in [1.29, 1.82) is 0 Å². The number of aliphatic carboxylic acids is 1. The van der Waals surface area contributed by atoms with Crippen molar-refractivity contribution < 1.29 is 19.1 Å². The minimum atomic E-state index is -0.859. The number of nitrogens with zero attached hydrogens (tertiary/aromatic N) is 1. The standard InChI is InChI=1S/C13H20N2O4/c1-3-15(7-6-13(17)18)9-12(16)14-10(2)11-5-4-8-19-11/h4-5,8,10H,3,6-7,9H2,1-2H3,(H,14,16)(H,17,18). The van der Waals surface area contributed by atoms with Crippen molar-refractivity contribution in [3.05, 3.63) is 24.2 Å². The molecule has 0 saturated heterocycles. The largest absolute Gasteiger partial charge is 0.481 e. The molecule has 1 aromatic rings. The number of hydrogen-bond donors (Lipinski definition) is 2. The molecule has 1 amide bonds. The summed E-state index contributed by atoms with van der Waals surface area (Å²) in [4.78, 5) is 24.1. The van der Waals surface area contributed by atoms with Crippen LogP contribution in [0.15, 0.2) is 22.8 Å². The summed E-state index contributed by atoms with van der Waals surface area (Å²) in [6.07, 6.45) is 1.60. The van der Waals surface area contributed by atoms with Crippen LogP contribution in [0.2, 0.25) is 0 Å². The summed E-state index contributed by atoms with van der Waals surface area (Å²) in [5.41, 5.74) is 0. The van der Waals surface area contributed by atoms with Gasteiger partial charge in [0, 0.05) is 6.54 Å². The molecule has 106 valence electrons. The third-order valence-corrected chi connectivity index (χ3v) is 2.80. The summed E-state index contributed by atoms with van der Waals surface area (Å²) in [6.45, 7) is 4.93. The summed E-state index contributed by atoms with van der Waals surface area (Å²) >= 11 is 0. The molecule has 19 heavy (non-hydrogen) atoms. The molecule has 0 saturated carbocycles. The van der Waals surface area contributed by atoms with Crippen molar-refractivity contribution >= 4 is 11.9 Å². The third kappa shape index (κ3) is 5.56. The molecule has 6 nitrogen and oxygen atoms in total. The second-order valence-electron chi connectivity index (χ2n) is 4.32. The minimum absolute atomic E-state index is 0.0366. The highest BCUT2D eigenvalue weighted by atomic mass is 16.4. The van der Waals surface area contributed by atoms with E-state index in [2.05, 4.69) is 5.32 Å². The molecule has 0 aliphatic rings. The maximum Gasteiger partial charge on any atom is 0.304 e. The van der Waals surface area contributed by atoms with Crippen molar-refractivity contribution in [3.63, 3.8) is 0 Å². The monoisotopic (exact) mass is 268 g/mol. The van der Waals surface area contributed by atoms with Gasteiger partial charge in [-0.25, -0.2) is 0 Å². The van der Waals surface area contributed by atoms with Crippen molar-refractivity contribution in [2.24, 2.45) is 0 Å². The van der Waals surface area contributed by atoms with E-state index >= 15 is 0 Å². The molecule has 2 N–H and O–H groups in total. The smallest absolute Gasteiger partial charge is 0.304 e. The first-order valence-electron chi connectivity index (χ1n) is 6.29. The minimum Gasteiger partial charge on any atom is -0.481 e. The van der Waals surface area contributed by atoms with Crippen LogP contribution >= 0.6 is 0 Å². The Bertz CT molecular complexity index is 403. The van der Waals surface area contributed by atoms with Crippen LogP contribution in [0.3, 0.4) is 0 Å². The van der Waals surface area contributed by atoms with E-state index in [4.69, 9.17) is 9.52 Å². The highest BCUT2D eigenvalue weighted by Gasteiger charge is 2.14. The van der Waals surface area contributed by atoms with Gasteiger partial charge in [-0.3, -0.25) is 14.5 Å². The predicted octanol–water partition coefficient (Wildman–Crippen LogP) is 1.25. The Morgan fingerprint density at radius 1 is 1.53 bits per heavy atom. The van der Waals surface area contributed by atoms with E-state index < -0.39 is 5.97 Å². The Morgan fingerprint density at radius 3 is 2.79 bits per heavy atom. The Morgan fingerprint density at radius 2 is 2.26 bits per heavy atom. The molecule has 0 aliphatic carbocycles. The van der Waals surface area contributed by atoms with Crippen LogP contribution in [0.25, 0.3) is 0 Å². The highest BCUT2D eigenvalue weighted by Crippen LogP contribution is 2.11. The third-order valence-electron chi connectivity index (χ3n) is 2.80. The Kier molecular flexibility index (Phi) is 6.08. The number of amides is 1. The molecule has 1 heterocycles. The molecule has 1 aromatic heterocycles. The summed E-state index contributed by atoms with van der Waals surface area (Å²) in [7, 11) is 0. The molecule has 1 rings (SSSR count). The van der Waals surface area contributed by atoms with Crippen LogP contribution in [0.1, 0.15) is 32.1 Å².